The Balaban J connectivity index is 1.61. The molecule has 3 atom stereocenters. The summed E-state index contributed by atoms with van der Waals surface area (Å²) in [4.78, 5) is 0. The minimum atomic E-state index is 0.195. The van der Waals surface area contributed by atoms with E-state index < -0.39 is 0 Å². The van der Waals surface area contributed by atoms with Crippen LogP contribution in [0.5, 0.6) is 0 Å². The third kappa shape index (κ3) is 3.41. The van der Waals surface area contributed by atoms with Crippen molar-refractivity contribution in [3.63, 3.8) is 0 Å². The highest BCUT2D eigenvalue weighted by Crippen LogP contribution is 2.16. The van der Waals surface area contributed by atoms with E-state index in [1.165, 1.54) is 32.2 Å². The highest BCUT2D eigenvalue weighted by Gasteiger charge is 2.19. The molecule has 1 aliphatic rings. The fourth-order valence-corrected chi connectivity index (χ4v) is 3.28. The second-order valence-corrected chi connectivity index (χ2v) is 6.16. The van der Waals surface area contributed by atoms with Gasteiger partial charge in [0.15, 0.2) is 11.5 Å². The zero-order valence-corrected chi connectivity index (χ0v) is 12.9. The van der Waals surface area contributed by atoms with Gasteiger partial charge < -0.3 is 10.6 Å². The van der Waals surface area contributed by atoms with Crippen LogP contribution in [0.4, 0.5) is 0 Å². The summed E-state index contributed by atoms with van der Waals surface area (Å²) in [6.45, 7) is 5.59. The van der Waals surface area contributed by atoms with Gasteiger partial charge in [-0.05, 0) is 51.8 Å². The highest BCUT2D eigenvalue weighted by molar-refractivity contribution is 5.37. The van der Waals surface area contributed by atoms with Crippen LogP contribution in [0, 0.1) is 0 Å². The van der Waals surface area contributed by atoms with Crippen LogP contribution in [0.1, 0.15) is 51.4 Å². The van der Waals surface area contributed by atoms with E-state index in [1.54, 1.807) is 0 Å². The number of pyridine rings is 1. The van der Waals surface area contributed by atoms with Crippen LogP contribution >= 0.6 is 0 Å². The molecule has 0 amide bonds. The van der Waals surface area contributed by atoms with Gasteiger partial charge in [0.1, 0.15) is 0 Å². The van der Waals surface area contributed by atoms with Crippen molar-refractivity contribution in [3.05, 3.63) is 30.2 Å². The molecule has 0 saturated carbocycles. The number of rotatable bonds is 5. The first kappa shape index (κ1) is 14.5. The molecule has 2 aromatic heterocycles. The summed E-state index contributed by atoms with van der Waals surface area (Å²) in [6, 6.07) is 7.31. The van der Waals surface area contributed by atoms with Crippen molar-refractivity contribution in [2.75, 3.05) is 6.54 Å². The fraction of sp³-hybridized carbons (Fsp3) is 0.625. The first-order chi connectivity index (χ1) is 10.2. The second-order valence-electron chi connectivity index (χ2n) is 6.16. The Morgan fingerprint density at radius 1 is 1.33 bits per heavy atom. The molecular formula is C16H25N5. The van der Waals surface area contributed by atoms with Gasteiger partial charge in [-0.3, -0.25) is 4.40 Å². The molecule has 2 N–H and O–H groups in total. The van der Waals surface area contributed by atoms with E-state index >= 15 is 0 Å². The monoisotopic (exact) mass is 287 g/mol. The minimum absolute atomic E-state index is 0.195. The number of piperidine rings is 1. The first-order valence-electron chi connectivity index (χ1n) is 8.03. The summed E-state index contributed by atoms with van der Waals surface area (Å²) in [5.41, 5.74) is 0.905. The average Bonchev–Trinajstić information content (AvgIpc) is 2.92. The number of hydrogen-bond acceptors (Lipinski definition) is 4. The van der Waals surface area contributed by atoms with E-state index in [-0.39, 0.29) is 6.04 Å². The van der Waals surface area contributed by atoms with Crippen molar-refractivity contribution < 1.29 is 0 Å². The smallest absolute Gasteiger partial charge is 0.160 e. The van der Waals surface area contributed by atoms with Crippen LogP contribution in [0.15, 0.2) is 24.4 Å². The number of hydrogen-bond donors (Lipinski definition) is 2. The molecule has 21 heavy (non-hydrogen) atoms. The van der Waals surface area contributed by atoms with E-state index in [0.29, 0.717) is 12.1 Å². The van der Waals surface area contributed by atoms with Crippen LogP contribution in [-0.4, -0.2) is 33.2 Å². The fourth-order valence-electron chi connectivity index (χ4n) is 3.28. The predicted octanol–water partition coefficient (Wildman–Crippen LogP) is 2.30. The molecule has 3 rings (SSSR count). The van der Waals surface area contributed by atoms with E-state index in [1.807, 2.05) is 24.4 Å². The van der Waals surface area contributed by atoms with Crippen LogP contribution in [0.2, 0.25) is 0 Å². The second kappa shape index (κ2) is 6.54. The topological polar surface area (TPSA) is 54.2 Å². The van der Waals surface area contributed by atoms with E-state index in [9.17, 15) is 0 Å². The summed E-state index contributed by atoms with van der Waals surface area (Å²) < 4.78 is 2.06. The summed E-state index contributed by atoms with van der Waals surface area (Å²) in [6.07, 6.45) is 7.17. The third-order valence-electron chi connectivity index (χ3n) is 4.31. The van der Waals surface area contributed by atoms with Crippen LogP contribution in [0.25, 0.3) is 5.65 Å². The van der Waals surface area contributed by atoms with Crippen LogP contribution in [-0.2, 0) is 0 Å². The number of nitrogens with zero attached hydrogens (tertiary/aromatic N) is 3. The zero-order chi connectivity index (χ0) is 14.7. The van der Waals surface area contributed by atoms with Gasteiger partial charge >= 0.3 is 0 Å². The highest BCUT2D eigenvalue weighted by atomic mass is 15.3. The maximum absolute atomic E-state index is 4.33. The van der Waals surface area contributed by atoms with Gasteiger partial charge in [0.2, 0.25) is 0 Å². The molecule has 3 heterocycles. The average molecular weight is 287 g/mol. The summed E-state index contributed by atoms with van der Waals surface area (Å²) >= 11 is 0. The molecule has 114 valence electrons. The van der Waals surface area contributed by atoms with Crippen molar-refractivity contribution in [1.82, 2.24) is 25.2 Å². The SMILES string of the molecule is CC(CC1CCCCN1)NC(C)c1nnc2ccccn12. The number of nitrogens with one attached hydrogen (secondary N) is 2. The Morgan fingerprint density at radius 3 is 3.05 bits per heavy atom. The molecule has 5 nitrogen and oxygen atoms in total. The Bertz CT molecular complexity index is 573. The molecule has 1 saturated heterocycles. The van der Waals surface area contributed by atoms with Crippen molar-refractivity contribution in [1.29, 1.82) is 0 Å². The van der Waals surface area contributed by atoms with Crippen molar-refractivity contribution in [3.8, 4) is 0 Å². The zero-order valence-electron chi connectivity index (χ0n) is 12.9. The van der Waals surface area contributed by atoms with Crippen molar-refractivity contribution >= 4 is 5.65 Å². The predicted molar refractivity (Wildman–Crippen MR) is 84.3 cm³/mol. The lowest BCUT2D eigenvalue weighted by atomic mass is 9.98. The van der Waals surface area contributed by atoms with Crippen LogP contribution < -0.4 is 10.6 Å². The molecule has 1 aliphatic heterocycles. The summed E-state index contributed by atoms with van der Waals surface area (Å²) in [5, 5.41) is 15.8. The molecule has 2 aromatic rings. The lowest BCUT2D eigenvalue weighted by Crippen LogP contribution is -2.40. The van der Waals surface area contributed by atoms with Gasteiger partial charge in [-0.25, -0.2) is 0 Å². The Labute approximate surface area is 126 Å². The van der Waals surface area contributed by atoms with Gasteiger partial charge in [-0.2, -0.15) is 0 Å². The molecule has 0 aromatic carbocycles. The lowest BCUT2D eigenvalue weighted by molar-refractivity contribution is 0.331. The molecule has 0 aliphatic carbocycles. The van der Waals surface area contributed by atoms with Gasteiger partial charge in [0, 0.05) is 18.3 Å². The summed E-state index contributed by atoms with van der Waals surface area (Å²) in [7, 11) is 0. The molecule has 0 bridgehead atoms. The maximum atomic E-state index is 4.33. The number of aromatic nitrogens is 3. The molecule has 0 radical (unpaired) electrons. The number of fused-ring (bicyclic) bond motifs is 1. The molecule has 5 heteroatoms. The Morgan fingerprint density at radius 2 is 2.24 bits per heavy atom. The van der Waals surface area contributed by atoms with Gasteiger partial charge in [0.05, 0.1) is 6.04 Å². The molecule has 3 unspecified atom stereocenters. The Hall–Kier alpha value is -1.46. The standard InChI is InChI=1S/C16H25N5/c1-12(11-14-7-3-5-9-17-14)18-13(2)16-20-19-15-8-4-6-10-21(15)16/h4,6,8,10,12-14,17-18H,3,5,7,9,11H2,1-2H3. The molecule has 0 spiro atoms. The maximum Gasteiger partial charge on any atom is 0.160 e. The van der Waals surface area contributed by atoms with Crippen molar-refractivity contribution in [2.24, 2.45) is 0 Å². The van der Waals surface area contributed by atoms with Gasteiger partial charge in [-0.1, -0.05) is 12.5 Å². The van der Waals surface area contributed by atoms with E-state index in [4.69, 9.17) is 0 Å². The van der Waals surface area contributed by atoms with E-state index in [2.05, 4.69) is 39.1 Å². The largest absolute Gasteiger partial charge is 0.314 e. The molecule has 1 fully saturated rings. The van der Waals surface area contributed by atoms with E-state index in [0.717, 1.165) is 11.5 Å². The van der Waals surface area contributed by atoms with Crippen molar-refractivity contribution in [2.45, 2.75) is 57.7 Å². The summed E-state index contributed by atoms with van der Waals surface area (Å²) in [5.74, 6) is 0.981. The molecular weight excluding hydrogens is 262 g/mol. The van der Waals surface area contributed by atoms with Crippen LogP contribution in [0.3, 0.4) is 0 Å². The Kier molecular flexibility index (Phi) is 4.51. The normalized spacial score (nSPS) is 22.3. The van der Waals surface area contributed by atoms with Gasteiger partial charge in [0.25, 0.3) is 0 Å². The third-order valence-corrected chi connectivity index (χ3v) is 4.31. The minimum Gasteiger partial charge on any atom is -0.314 e. The quantitative estimate of drug-likeness (QED) is 0.886. The van der Waals surface area contributed by atoms with Gasteiger partial charge in [-0.15, -0.1) is 10.2 Å². The lowest BCUT2D eigenvalue weighted by Gasteiger charge is -2.28. The first-order valence-corrected chi connectivity index (χ1v) is 8.03.